The van der Waals surface area contributed by atoms with Crippen LogP contribution in [0, 0.1) is 50.7 Å². The van der Waals surface area contributed by atoms with E-state index in [-0.39, 0.29) is 64.5 Å². The third-order valence-corrected chi connectivity index (χ3v) is 16.8. The highest BCUT2D eigenvalue weighted by molar-refractivity contribution is 5.33. The third-order valence-electron chi connectivity index (χ3n) is 16.8. The normalized spacial score (nSPS) is 59.4. The number of hydrogen-bond acceptors (Lipinski definition) is 13. The van der Waals surface area contributed by atoms with Crippen molar-refractivity contribution in [3.63, 3.8) is 0 Å². The summed E-state index contributed by atoms with van der Waals surface area (Å²) in [4.78, 5) is 0. The van der Waals surface area contributed by atoms with Crippen LogP contribution < -0.4 is 0 Å². The van der Waals surface area contributed by atoms with Crippen molar-refractivity contribution >= 4 is 0 Å². The van der Waals surface area contributed by atoms with Crippen LogP contribution in [-0.2, 0) is 28.4 Å². The molecule has 5 saturated carbocycles. The van der Waals surface area contributed by atoms with Crippen molar-refractivity contribution in [3.05, 3.63) is 0 Å². The van der Waals surface area contributed by atoms with Gasteiger partial charge in [-0.15, -0.1) is 0 Å². The van der Waals surface area contributed by atoms with Gasteiger partial charge in [0.05, 0.1) is 31.5 Å². The van der Waals surface area contributed by atoms with Gasteiger partial charge in [-0.05, 0) is 103 Å². The number of aliphatic hydroxyl groups is 7. The molecule has 52 heavy (non-hydrogen) atoms. The monoisotopic (exact) mass is 740 g/mol. The van der Waals surface area contributed by atoms with Crippen LogP contribution in [0.2, 0.25) is 0 Å². The topological polar surface area (TPSA) is 197 Å². The fourth-order valence-corrected chi connectivity index (χ4v) is 14.0. The van der Waals surface area contributed by atoms with Crippen LogP contribution in [0.1, 0.15) is 92.9 Å². The van der Waals surface area contributed by atoms with Crippen LogP contribution in [0.3, 0.4) is 0 Å². The van der Waals surface area contributed by atoms with Gasteiger partial charge in [-0.25, -0.2) is 0 Å². The van der Waals surface area contributed by atoms with Crippen molar-refractivity contribution in [2.45, 2.75) is 173 Å². The first kappa shape index (κ1) is 38.4. The molecule has 8 aliphatic rings. The zero-order valence-electron chi connectivity index (χ0n) is 31.7. The standard InChI is InChI=1S/C39H64O13/c1-7-47-32-18(2)12-19-22(50-32)14-37(6)31-21(49-34-30(46)28(44)27(43)23(15-40)51-34)13-24-35(3,4)25(52-33-29(45)26(42)20(41)16-48-33)8-9-38(24)17-39(31,38)11-10-36(19,37)5/h18-34,40-46H,7-17H2,1-6H3/t18-,19+,20+,21+,22+,23+,24+,25+,26-,27+,28-,29+,30+,31-,32+,33-,34+,36+,37+,38-,39+/m0/s1. The predicted molar refractivity (Wildman–Crippen MR) is 183 cm³/mol. The summed E-state index contributed by atoms with van der Waals surface area (Å²) in [6.45, 7) is 13.5. The maximum absolute atomic E-state index is 11.3. The van der Waals surface area contributed by atoms with E-state index in [2.05, 4.69) is 34.6 Å². The molecule has 13 nitrogen and oxygen atoms in total. The van der Waals surface area contributed by atoms with Gasteiger partial charge in [0.2, 0.25) is 0 Å². The van der Waals surface area contributed by atoms with Crippen LogP contribution in [0.5, 0.6) is 0 Å². The van der Waals surface area contributed by atoms with Gasteiger partial charge in [-0.1, -0.05) is 34.6 Å². The molecule has 3 heterocycles. The Kier molecular flexibility index (Phi) is 9.59. The zero-order chi connectivity index (χ0) is 37.3. The minimum absolute atomic E-state index is 0.0259. The maximum Gasteiger partial charge on any atom is 0.186 e. The maximum atomic E-state index is 11.3. The molecule has 298 valence electrons. The summed E-state index contributed by atoms with van der Waals surface area (Å²) in [6.07, 6.45) is -5.34. The first-order valence-electron chi connectivity index (χ1n) is 20.0. The molecular formula is C39H64O13. The molecule has 5 aliphatic carbocycles. The molecule has 0 amide bonds. The van der Waals surface area contributed by atoms with E-state index in [1.54, 1.807) is 0 Å². The average Bonchev–Trinajstić information content (AvgIpc) is 3.70. The van der Waals surface area contributed by atoms with Crippen LogP contribution in [0.4, 0.5) is 0 Å². The van der Waals surface area contributed by atoms with Crippen molar-refractivity contribution in [2.75, 3.05) is 19.8 Å². The number of ether oxygens (including phenoxy) is 6. The highest BCUT2D eigenvalue weighted by Gasteiger charge is 2.85. The van der Waals surface area contributed by atoms with Gasteiger partial charge in [-0.2, -0.15) is 0 Å². The summed E-state index contributed by atoms with van der Waals surface area (Å²) in [5.74, 6) is 0.841. The lowest BCUT2D eigenvalue weighted by Gasteiger charge is -2.65. The first-order valence-corrected chi connectivity index (χ1v) is 20.0. The van der Waals surface area contributed by atoms with E-state index >= 15 is 0 Å². The van der Waals surface area contributed by atoms with Gasteiger partial charge >= 0.3 is 0 Å². The van der Waals surface area contributed by atoms with Crippen molar-refractivity contribution in [1.29, 1.82) is 0 Å². The number of fused-ring (bicyclic) bond motifs is 4. The van der Waals surface area contributed by atoms with Gasteiger partial charge < -0.3 is 64.2 Å². The Morgan fingerprint density at radius 2 is 1.48 bits per heavy atom. The van der Waals surface area contributed by atoms with Crippen LogP contribution >= 0.6 is 0 Å². The highest BCUT2D eigenvalue weighted by Crippen LogP contribution is 2.89. The van der Waals surface area contributed by atoms with E-state index < -0.39 is 73.4 Å². The predicted octanol–water partition coefficient (Wildman–Crippen LogP) is 1.44. The van der Waals surface area contributed by atoms with Gasteiger partial charge in [0.25, 0.3) is 0 Å². The molecule has 0 aromatic carbocycles. The molecule has 7 N–H and O–H groups in total. The second-order valence-electron chi connectivity index (χ2n) is 19.2. The molecular weight excluding hydrogens is 676 g/mol. The van der Waals surface area contributed by atoms with E-state index in [4.69, 9.17) is 28.4 Å². The lowest BCUT2D eigenvalue weighted by molar-refractivity contribution is -0.335. The molecule has 21 atom stereocenters. The average molecular weight is 741 g/mol. The molecule has 3 saturated heterocycles. The fourth-order valence-electron chi connectivity index (χ4n) is 14.0. The largest absolute Gasteiger partial charge is 0.394 e. The molecule has 13 heteroatoms. The highest BCUT2D eigenvalue weighted by atomic mass is 16.7. The zero-order valence-corrected chi connectivity index (χ0v) is 31.7. The van der Waals surface area contributed by atoms with Crippen molar-refractivity contribution in [2.24, 2.45) is 50.7 Å². The quantitative estimate of drug-likeness (QED) is 0.186. The molecule has 0 aromatic heterocycles. The summed E-state index contributed by atoms with van der Waals surface area (Å²) < 4.78 is 38.2. The summed E-state index contributed by atoms with van der Waals surface area (Å²) in [5.41, 5.74) is -0.670. The van der Waals surface area contributed by atoms with Crippen molar-refractivity contribution in [3.8, 4) is 0 Å². The van der Waals surface area contributed by atoms with Crippen LogP contribution in [0.25, 0.3) is 0 Å². The second kappa shape index (κ2) is 13.0. The van der Waals surface area contributed by atoms with Gasteiger partial charge in [0.1, 0.15) is 42.7 Å². The number of hydrogen-bond donors (Lipinski definition) is 7. The molecule has 8 fully saturated rings. The van der Waals surface area contributed by atoms with Crippen molar-refractivity contribution in [1.82, 2.24) is 0 Å². The fraction of sp³-hybridized carbons (Fsp3) is 1.00. The molecule has 0 bridgehead atoms. The van der Waals surface area contributed by atoms with Gasteiger partial charge in [0.15, 0.2) is 18.9 Å². The molecule has 0 unspecified atom stereocenters. The molecule has 3 aliphatic heterocycles. The Bertz CT molecular complexity index is 1330. The summed E-state index contributed by atoms with van der Waals surface area (Å²) in [7, 11) is 0. The first-order chi connectivity index (χ1) is 24.5. The Morgan fingerprint density at radius 1 is 0.750 bits per heavy atom. The van der Waals surface area contributed by atoms with Gasteiger partial charge in [0, 0.05) is 12.5 Å². The molecule has 0 aromatic rings. The summed E-state index contributed by atoms with van der Waals surface area (Å²) in [6, 6.07) is 0. The number of aliphatic hydroxyl groups excluding tert-OH is 7. The minimum Gasteiger partial charge on any atom is -0.394 e. The van der Waals surface area contributed by atoms with E-state index in [1.165, 1.54) is 0 Å². The molecule has 8 rings (SSSR count). The van der Waals surface area contributed by atoms with E-state index in [1.807, 2.05) is 6.92 Å². The Labute approximate surface area is 307 Å². The van der Waals surface area contributed by atoms with Gasteiger partial charge in [-0.3, -0.25) is 0 Å². The minimum atomic E-state index is -1.54. The Morgan fingerprint density at radius 3 is 2.19 bits per heavy atom. The summed E-state index contributed by atoms with van der Waals surface area (Å²) >= 11 is 0. The van der Waals surface area contributed by atoms with E-state index in [0.29, 0.717) is 18.9 Å². The summed E-state index contributed by atoms with van der Waals surface area (Å²) in [5, 5.41) is 73.9. The molecule has 0 radical (unpaired) electrons. The lowest BCUT2D eigenvalue weighted by Crippen LogP contribution is -2.65. The van der Waals surface area contributed by atoms with E-state index in [9.17, 15) is 35.7 Å². The van der Waals surface area contributed by atoms with Crippen molar-refractivity contribution < 1.29 is 64.2 Å². The molecule has 2 spiro atoms. The second-order valence-corrected chi connectivity index (χ2v) is 19.2. The number of rotatable bonds is 7. The lowest BCUT2D eigenvalue weighted by atomic mass is 9.41. The SMILES string of the molecule is CCO[C@@H]1O[C@@H]2C[C@]3(C)[C@@H]4[C@H](O[C@@H]5O[C@H](CO)[C@@H](O)[C@H](O)[C@H]5O)C[C@@H]5C(C)(C)[C@H](O[C@@H]6OC[C@@H](O)[C@H](O)[C@H]6O)CC[C@]56C[C@]46CC[C@]3(C)[C@@H]2C[C@@H]1C. The Balaban J connectivity index is 1.15. The van der Waals surface area contributed by atoms with E-state index in [0.717, 1.165) is 44.9 Å². The van der Waals surface area contributed by atoms with Crippen LogP contribution in [0.15, 0.2) is 0 Å². The third kappa shape index (κ3) is 5.20. The van der Waals surface area contributed by atoms with Crippen LogP contribution in [-0.4, -0.2) is 135 Å². The Hall–Kier alpha value is -0.520. The smallest absolute Gasteiger partial charge is 0.186 e.